The normalized spacial score (nSPS) is 18.5. The second-order valence-electron chi connectivity index (χ2n) is 5.14. The topological polar surface area (TPSA) is 32.3 Å². The van der Waals surface area contributed by atoms with Crippen molar-refractivity contribution in [2.24, 2.45) is 0 Å². The van der Waals surface area contributed by atoms with Crippen molar-refractivity contribution in [1.82, 2.24) is 10.2 Å². The van der Waals surface area contributed by atoms with Crippen LogP contribution in [0.2, 0.25) is 0 Å². The molecule has 1 heterocycles. The third-order valence-electron chi connectivity index (χ3n) is 3.76. The van der Waals surface area contributed by atoms with Gasteiger partial charge < -0.3 is 10.2 Å². The van der Waals surface area contributed by atoms with Gasteiger partial charge in [-0.3, -0.25) is 4.79 Å². The number of nitrogens with zero attached hydrogens (tertiary/aromatic N) is 1. The largest absolute Gasteiger partial charge is 0.329 e. The molecule has 0 aliphatic carbocycles. The van der Waals surface area contributed by atoms with Gasteiger partial charge in [0, 0.05) is 25.2 Å². The maximum atomic E-state index is 13.3. The lowest BCUT2D eigenvalue weighted by Gasteiger charge is -2.36. The molecule has 1 amide bonds. The summed E-state index contributed by atoms with van der Waals surface area (Å²) in [5.41, 5.74) is 1.49. The molecule has 0 radical (unpaired) electrons. The van der Waals surface area contributed by atoms with Crippen LogP contribution in [0.15, 0.2) is 54.6 Å². The van der Waals surface area contributed by atoms with Crippen molar-refractivity contribution >= 4 is 5.91 Å². The Bertz CT molecular complexity index is 630. The molecule has 1 aliphatic rings. The summed E-state index contributed by atoms with van der Waals surface area (Å²) < 4.78 is 13.3. The maximum Gasteiger partial charge on any atom is 0.254 e. The molecule has 21 heavy (non-hydrogen) atoms. The van der Waals surface area contributed by atoms with E-state index in [4.69, 9.17) is 0 Å². The molecule has 1 saturated heterocycles. The number of carbonyl (C=O) groups is 1. The minimum Gasteiger partial charge on any atom is -0.329 e. The fourth-order valence-corrected chi connectivity index (χ4v) is 2.71. The van der Waals surface area contributed by atoms with E-state index < -0.39 is 0 Å². The Morgan fingerprint density at radius 2 is 1.95 bits per heavy atom. The molecule has 2 aromatic carbocycles. The summed E-state index contributed by atoms with van der Waals surface area (Å²) in [4.78, 5) is 14.5. The summed E-state index contributed by atoms with van der Waals surface area (Å²) in [5.74, 6) is -0.503. The fourth-order valence-electron chi connectivity index (χ4n) is 2.71. The summed E-state index contributed by atoms with van der Waals surface area (Å²) in [6.45, 7) is 2.09. The zero-order chi connectivity index (χ0) is 14.7. The lowest BCUT2D eigenvalue weighted by Crippen LogP contribution is -2.48. The van der Waals surface area contributed by atoms with Crippen molar-refractivity contribution in [3.63, 3.8) is 0 Å². The minimum atomic E-state index is -0.382. The van der Waals surface area contributed by atoms with Crippen molar-refractivity contribution < 1.29 is 9.18 Å². The Morgan fingerprint density at radius 1 is 1.14 bits per heavy atom. The lowest BCUT2D eigenvalue weighted by molar-refractivity contribution is 0.0634. The molecule has 4 heteroatoms. The second-order valence-corrected chi connectivity index (χ2v) is 5.14. The van der Waals surface area contributed by atoms with E-state index in [0.29, 0.717) is 18.7 Å². The molecule has 0 spiro atoms. The molecule has 1 atom stereocenters. The number of hydrogen-bond acceptors (Lipinski definition) is 2. The average molecular weight is 284 g/mol. The molecule has 3 rings (SSSR count). The molecule has 108 valence electrons. The van der Waals surface area contributed by atoms with Crippen LogP contribution in [0.1, 0.15) is 22.0 Å². The SMILES string of the molecule is O=C(c1cccc(F)c1)N1CCNC[C@@H]1c1ccccc1. The third kappa shape index (κ3) is 2.95. The summed E-state index contributed by atoms with van der Waals surface area (Å²) >= 11 is 0. The monoisotopic (exact) mass is 284 g/mol. The Kier molecular flexibility index (Phi) is 3.97. The fraction of sp³-hybridized carbons (Fsp3) is 0.235. The van der Waals surface area contributed by atoms with Crippen LogP contribution in [0.3, 0.4) is 0 Å². The van der Waals surface area contributed by atoms with Crippen LogP contribution in [0, 0.1) is 5.82 Å². The number of halogens is 1. The van der Waals surface area contributed by atoms with E-state index in [1.165, 1.54) is 12.1 Å². The molecule has 1 N–H and O–H groups in total. The lowest BCUT2D eigenvalue weighted by atomic mass is 10.0. The number of benzene rings is 2. The van der Waals surface area contributed by atoms with Crippen LogP contribution in [0.4, 0.5) is 4.39 Å². The number of hydrogen-bond donors (Lipinski definition) is 1. The number of piperazine rings is 1. The smallest absolute Gasteiger partial charge is 0.254 e. The first-order valence-electron chi connectivity index (χ1n) is 7.08. The predicted molar refractivity (Wildman–Crippen MR) is 79.5 cm³/mol. The van der Waals surface area contributed by atoms with Crippen molar-refractivity contribution in [2.45, 2.75) is 6.04 Å². The van der Waals surface area contributed by atoms with E-state index in [0.717, 1.165) is 12.1 Å². The van der Waals surface area contributed by atoms with E-state index in [2.05, 4.69) is 5.32 Å². The van der Waals surface area contributed by atoms with Crippen molar-refractivity contribution in [3.8, 4) is 0 Å². The number of rotatable bonds is 2. The Morgan fingerprint density at radius 3 is 2.71 bits per heavy atom. The van der Waals surface area contributed by atoms with E-state index in [-0.39, 0.29) is 17.8 Å². The molecule has 0 bridgehead atoms. The molecule has 2 aromatic rings. The van der Waals surface area contributed by atoms with Gasteiger partial charge in [-0.25, -0.2) is 4.39 Å². The van der Waals surface area contributed by atoms with Gasteiger partial charge in [0.15, 0.2) is 0 Å². The van der Waals surface area contributed by atoms with Crippen LogP contribution in [-0.2, 0) is 0 Å². The Labute approximate surface area is 123 Å². The first kappa shape index (κ1) is 13.8. The van der Waals surface area contributed by atoms with E-state index in [1.807, 2.05) is 35.2 Å². The zero-order valence-electron chi connectivity index (χ0n) is 11.6. The molecule has 3 nitrogen and oxygen atoms in total. The van der Waals surface area contributed by atoms with Crippen molar-refractivity contribution in [1.29, 1.82) is 0 Å². The van der Waals surface area contributed by atoms with Gasteiger partial charge in [-0.15, -0.1) is 0 Å². The quantitative estimate of drug-likeness (QED) is 0.919. The number of amides is 1. The molecular formula is C17H17FN2O. The number of nitrogens with one attached hydrogen (secondary N) is 1. The van der Waals surface area contributed by atoms with Gasteiger partial charge in [0.05, 0.1) is 6.04 Å². The molecule has 0 saturated carbocycles. The second kappa shape index (κ2) is 6.06. The van der Waals surface area contributed by atoms with E-state index in [1.54, 1.807) is 12.1 Å². The molecule has 1 aliphatic heterocycles. The van der Waals surface area contributed by atoms with E-state index in [9.17, 15) is 9.18 Å². The highest BCUT2D eigenvalue weighted by atomic mass is 19.1. The van der Waals surface area contributed by atoms with Gasteiger partial charge in [0.25, 0.3) is 5.91 Å². The van der Waals surface area contributed by atoms with Gasteiger partial charge in [-0.05, 0) is 23.8 Å². The van der Waals surface area contributed by atoms with Crippen LogP contribution in [-0.4, -0.2) is 30.4 Å². The van der Waals surface area contributed by atoms with Crippen LogP contribution in [0.25, 0.3) is 0 Å². The third-order valence-corrected chi connectivity index (χ3v) is 3.76. The van der Waals surface area contributed by atoms with E-state index >= 15 is 0 Å². The summed E-state index contributed by atoms with van der Waals surface area (Å²) in [7, 11) is 0. The molecule has 0 aromatic heterocycles. The standard InChI is InChI=1S/C17H17FN2O/c18-15-8-4-7-14(11-15)17(21)20-10-9-19-12-16(20)13-5-2-1-3-6-13/h1-8,11,16,19H,9-10,12H2/t16-/m1/s1. The highest BCUT2D eigenvalue weighted by Gasteiger charge is 2.28. The van der Waals surface area contributed by atoms with Crippen LogP contribution < -0.4 is 5.32 Å². The zero-order valence-corrected chi connectivity index (χ0v) is 11.6. The predicted octanol–water partition coefficient (Wildman–Crippen LogP) is 2.61. The molecule has 0 unspecified atom stereocenters. The van der Waals surface area contributed by atoms with Crippen LogP contribution in [0.5, 0.6) is 0 Å². The minimum absolute atomic E-state index is 0.0179. The average Bonchev–Trinajstić information content (AvgIpc) is 2.55. The first-order valence-corrected chi connectivity index (χ1v) is 7.08. The van der Waals surface area contributed by atoms with Gasteiger partial charge >= 0.3 is 0 Å². The molecular weight excluding hydrogens is 267 g/mol. The summed E-state index contributed by atoms with van der Waals surface area (Å²) in [6.07, 6.45) is 0. The highest BCUT2D eigenvalue weighted by molar-refractivity contribution is 5.94. The van der Waals surface area contributed by atoms with Gasteiger partial charge in [0.1, 0.15) is 5.82 Å². The molecule has 1 fully saturated rings. The Hall–Kier alpha value is -2.20. The number of carbonyl (C=O) groups excluding carboxylic acids is 1. The summed E-state index contributed by atoms with van der Waals surface area (Å²) in [6, 6.07) is 15.8. The van der Waals surface area contributed by atoms with Crippen molar-refractivity contribution in [3.05, 3.63) is 71.5 Å². The van der Waals surface area contributed by atoms with Gasteiger partial charge in [-0.1, -0.05) is 36.4 Å². The maximum absolute atomic E-state index is 13.3. The van der Waals surface area contributed by atoms with Gasteiger partial charge in [0.2, 0.25) is 0 Å². The van der Waals surface area contributed by atoms with Crippen LogP contribution >= 0.6 is 0 Å². The Balaban J connectivity index is 1.89. The first-order chi connectivity index (χ1) is 10.3. The van der Waals surface area contributed by atoms with Gasteiger partial charge in [-0.2, -0.15) is 0 Å². The summed E-state index contributed by atoms with van der Waals surface area (Å²) in [5, 5.41) is 3.31. The van der Waals surface area contributed by atoms with Crippen molar-refractivity contribution in [2.75, 3.05) is 19.6 Å². The highest BCUT2D eigenvalue weighted by Crippen LogP contribution is 2.24.